The minimum absolute atomic E-state index is 0.146. The summed E-state index contributed by atoms with van der Waals surface area (Å²) in [6.07, 6.45) is 1.91. The van der Waals surface area contributed by atoms with E-state index >= 15 is 0 Å². The third-order valence-corrected chi connectivity index (χ3v) is 5.55. The monoisotopic (exact) mass is 401 g/mol. The first kappa shape index (κ1) is 20.0. The molecular weight excluding hydrogens is 378 g/mol. The van der Waals surface area contributed by atoms with Gasteiger partial charge in [-0.15, -0.1) is 6.58 Å². The molecule has 7 nitrogen and oxygen atoms in total. The Bertz CT molecular complexity index is 971. The van der Waals surface area contributed by atoms with E-state index in [4.69, 9.17) is 9.47 Å². The van der Waals surface area contributed by atoms with Crippen LogP contribution in [0.1, 0.15) is 30.4 Å². The van der Waals surface area contributed by atoms with E-state index in [1.807, 2.05) is 19.1 Å². The molecule has 1 aromatic carbocycles. The molecule has 0 fully saturated rings. The van der Waals surface area contributed by atoms with Gasteiger partial charge in [0.15, 0.2) is 16.7 Å². The number of ether oxygens (including phenoxy) is 2. The van der Waals surface area contributed by atoms with Crippen molar-refractivity contribution in [3.05, 3.63) is 52.3 Å². The third kappa shape index (κ3) is 3.77. The van der Waals surface area contributed by atoms with Gasteiger partial charge in [0.2, 0.25) is 5.91 Å². The second-order valence-corrected chi connectivity index (χ2v) is 7.26. The second kappa shape index (κ2) is 8.52. The van der Waals surface area contributed by atoms with Crippen LogP contribution in [0.4, 0.5) is 5.82 Å². The highest BCUT2D eigenvalue weighted by atomic mass is 32.2. The third-order valence-electron chi connectivity index (χ3n) is 4.52. The van der Waals surface area contributed by atoms with Gasteiger partial charge in [0.1, 0.15) is 5.82 Å². The van der Waals surface area contributed by atoms with Gasteiger partial charge in [-0.05, 0) is 24.6 Å². The second-order valence-electron chi connectivity index (χ2n) is 6.27. The Morgan fingerprint density at radius 1 is 1.39 bits per heavy atom. The average molecular weight is 401 g/mol. The van der Waals surface area contributed by atoms with E-state index in [0.29, 0.717) is 40.4 Å². The summed E-state index contributed by atoms with van der Waals surface area (Å²) in [5.41, 5.74) is 0.960. The highest BCUT2D eigenvalue weighted by Crippen LogP contribution is 2.39. The summed E-state index contributed by atoms with van der Waals surface area (Å²) in [6.45, 7) is 6.06. The zero-order chi connectivity index (χ0) is 20.3. The van der Waals surface area contributed by atoms with Crippen molar-refractivity contribution in [2.45, 2.75) is 24.4 Å². The summed E-state index contributed by atoms with van der Waals surface area (Å²) in [4.78, 5) is 29.5. The molecule has 0 radical (unpaired) electrons. The fourth-order valence-corrected chi connectivity index (χ4v) is 3.96. The maximum atomic E-state index is 12.9. The molecule has 1 aromatic heterocycles. The Balaban J connectivity index is 2.12. The maximum absolute atomic E-state index is 12.9. The number of aromatic nitrogens is 2. The molecule has 1 atom stereocenters. The molecule has 2 heterocycles. The van der Waals surface area contributed by atoms with Crippen LogP contribution in [0.25, 0.3) is 0 Å². The van der Waals surface area contributed by atoms with Crippen molar-refractivity contribution in [2.75, 3.05) is 24.8 Å². The summed E-state index contributed by atoms with van der Waals surface area (Å²) < 4.78 is 12.7. The van der Waals surface area contributed by atoms with Gasteiger partial charge >= 0.3 is 0 Å². The van der Waals surface area contributed by atoms with E-state index in [1.54, 1.807) is 30.9 Å². The van der Waals surface area contributed by atoms with Crippen molar-refractivity contribution < 1.29 is 14.3 Å². The molecule has 0 unspecified atom stereocenters. The van der Waals surface area contributed by atoms with E-state index in [2.05, 4.69) is 16.9 Å². The number of nitrogens with zero attached hydrogens (tertiary/aromatic N) is 2. The fraction of sp³-hybridized carbons (Fsp3) is 0.350. The standard InChI is InChI=1S/C20H23N3O4S/c1-5-9-28-20-22-19(25)17-13(11-16(24)21-18(17)23(20)3)12-7-8-14(26-4)15(10-12)27-6-2/h5,7-8,10,13H,1,6,9,11H2,2-4H3,(H,21,24)/t13-/m1/s1. The Morgan fingerprint density at radius 2 is 2.18 bits per heavy atom. The molecule has 8 heteroatoms. The van der Waals surface area contributed by atoms with Gasteiger partial charge in [-0.25, -0.2) is 0 Å². The van der Waals surface area contributed by atoms with Crippen LogP contribution in [-0.2, 0) is 11.8 Å². The van der Waals surface area contributed by atoms with Crippen molar-refractivity contribution in [1.82, 2.24) is 9.55 Å². The van der Waals surface area contributed by atoms with E-state index in [0.717, 1.165) is 5.56 Å². The predicted octanol–water partition coefficient (Wildman–Crippen LogP) is 2.94. The number of hydrogen-bond acceptors (Lipinski definition) is 6. The van der Waals surface area contributed by atoms with Gasteiger partial charge in [0.25, 0.3) is 5.56 Å². The maximum Gasteiger partial charge on any atom is 0.279 e. The summed E-state index contributed by atoms with van der Waals surface area (Å²) >= 11 is 1.39. The predicted molar refractivity (Wildman–Crippen MR) is 110 cm³/mol. The number of thioether (sulfide) groups is 1. The molecule has 0 saturated carbocycles. The summed E-state index contributed by atoms with van der Waals surface area (Å²) in [5, 5.41) is 3.37. The molecule has 0 saturated heterocycles. The van der Waals surface area contributed by atoms with Gasteiger partial charge < -0.3 is 19.4 Å². The van der Waals surface area contributed by atoms with Crippen molar-refractivity contribution in [1.29, 1.82) is 0 Å². The fourth-order valence-electron chi connectivity index (χ4n) is 3.26. The number of methoxy groups -OCH3 is 1. The molecule has 28 heavy (non-hydrogen) atoms. The van der Waals surface area contributed by atoms with E-state index in [9.17, 15) is 9.59 Å². The Kier molecular flexibility index (Phi) is 6.08. The molecule has 1 N–H and O–H groups in total. The lowest BCUT2D eigenvalue weighted by Gasteiger charge is -2.27. The topological polar surface area (TPSA) is 82.5 Å². The normalized spacial score (nSPS) is 15.5. The molecule has 1 aliphatic heterocycles. The zero-order valence-electron chi connectivity index (χ0n) is 16.2. The molecule has 1 aliphatic rings. The minimum Gasteiger partial charge on any atom is -0.493 e. The first-order valence-corrected chi connectivity index (χ1v) is 9.93. The lowest BCUT2D eigenvalue weighted by atomic mass is 9.86. The highest BCUT2D eigenvalue weighted by molar-refractivity contribution is 7.99. The Labute approximate surface area is 167 Å². The van der Waals surface area contributed by atoms with Crippen LogP contribution in [0.5, 0.6) is 11.5 Å². The van der Waals surface area contributed by atoms with Crippen LogP contribution < -0.4 is 20.3 Å². The summed E-state index contributed by atoms with van der Waals surface area (Å²) in [5.74, 6) is 1.74. The molecule has 2 aromatic rings. The number of carbonyl (C=O) groups excluding carboxylic acids is 1. The number of amides is 1. The van der Waals surface area contributed by atoms with Crippen LogP contribution >= 0.6 is 11.8 Å². The summed E-state index contributed by atoms with van der Waals surface area (Å²) in [7, 11) is 3.36. The highest BCUT2D eigenvalue weighted by Gasteiger charge is 2.32. The minimum atomic E-state index is -0.404. The number of fused-ring (bicyclic) bond motifs is 1. The van der Waals surface area contributed by atoms with Crippen LogP contribution in [0.15, 0.2) is 40.8 Å². The van der Waals surface area contributed by atoms with Crippen LogP contribution in [-0.4, -0.2) is 34.9 Å². The van der Waals surface area contributed by atoms with Crippen LogP contribution in [0, 0.1) is 0 Å². The van der Waals surface area contributed by atoms with Crippen LogP contribution in [0.3, 0.4) is 0 Å². The average Bonchev–Trinajstić information content (AvgIpc) is 2.69. The molecular formula is C20H23N3O4S. The van der Waals surface area contributed by atoms with Gasteiger partial charge in [-0.2, -0.15) is 4.98 Å². The quantitative estimate of drug-likeness (QED) is 0.436. The Morgan fingerprint density at radius 3 is 2.86 bits per heavy atom. The molecule has 0 bridgehead atoms. The molecule has 3 rings (SSSR count). The van der Waals surface area contributed by atoms with Crippen LogP contribution in [0.2, 0.25) is 0 Å². The number of carbonyl (C=O) groups is 1. The van der Waals surface area contributed by atoms with Gasteiger partial charge in [-0.1, -0.05) is 23.9 Å². The number of nitrogens with one attached hydrogen (secondary N) is 1. The van der Waals surface area contributed by atoms with E-state index in [1.165, 1.54) is 11.8 Å². The summed E-state index contributed by atoms with van der Waals surface area (Å²) in [6, 6.07) is 5.47. The molecule has 0 aliphatic carbocycles. The lowest BCUT2D eigenvalue weighted by molar-refractivity contribution is -0.116. The van der Waals surface area contributed by atoms with E-state index < -0.39 is 5.92 Å². The number of hydrogen-bond donors (Lipinski definition) is 1. The van der Waals surface area contributed by atoms with Crippen molar-refractivity contribution in [3.8, 4) is 11.5 Å². The first-order chi connectivity index (χ1) is 13.5. The molecule has 0 spiro atoms. The lowest BCUT2D eigenvalue weighted by Crippen LogP contribution is -2.33. The molecule has 1 amide bonds. The number of benzene rings is 1. The SMILES string of the molecule is C=CCSc1nc(=O)c2c(n1C)NC(=O)C[C@@H]2c1ccc(OC)c(OCC)c1. The largest absolute Gasteiger partial charge is 0.493 e. The number of anilines is 1. The van der Waals surface area contributed by atoms with Crippen molar-refractivity contribution >= 4 is 23.5 Å². The van der Waals surface area contributed by atoms with E-state index in [-0.39, 0.29) is 17.9 Å². The smallest absolute Gasteiger partial charge is 0.279 e. The van der Waals surface area contributed by atoms with Crippen molar-refractivity contribution in [3.63, 3.8) is 0 Å². The molecule has 148 valence electrons. The van der Waals surface area contributed by atoms with Gasteiger partial charge in [0, 0.05) is 25.1 Å². The first-order valence-electron chi connectivity index (χ1n) is 8.95. The van der Waals surface area contributed by atoms with Gasteiger partial charge in [0.05, 0.1) is 19.3 Å². The number of rotatable bonds is 7. The van der Waals surface area contributed by atoms with Crippen molar-refractivity contribution in [2.24, 2.45) is 7.05 Å². The Hall–Kier alpha value is -2.74. The zero-order valence-corrected chi connectivity index (χ0v) is 17.0. The van der Waals surface area contributed by atoms with Gasteiger partial charge in [-0.3, -0.25) is 9.59 Å².